The summed E-state index contributed by atoms with van der Waals surface area (Å²) >= 11 is 0. The second kappa shape index (κ2) is 4.91. The molecule has 0 spiro atoms. The number of para-hydroxylation sites is 1. The summed E-state index contributed by atoms with van der Waals surface area (Å²) in [7, 11) is 1.49. The summed E-state index contributed by atoms with van der Waals surface area (Å²) in [5, 5.41) is 9.63. The van der Waals surface area contributed by atoms with E-state index in [-0.39, 0.29) is 6.04 Å². The molecule has 0 aromatic heterocycles. The number of hydrogen-bond donors (Lipinski definition) is 1. The highest BCUT2D eigenvalue weighted by atomic mass is 16.5. The number of methoxy groups -OCH3 is 1. The first-order valence-corrected chi connectivity index (χ1v) is 6.16. The van der Waals surface area contributed by atoms with Gasteiger partial charge in [0.05, 0.1) is 7.11 Å². The van der Waals surface area contributed by atoms with Crippen molar-refractivity contribution in [2.24, 2.45) is 0 Å². The summed E-state index contributed by atoms with van der Waals surface area (Å²) in [6.45, 7) is 1.54. The molecule has 0 bridgehead atoms. The number of benzene rings is 1. The lowest BCUT2D eigenvalue weighted by atomic mass is 9.89. The lowest BCUT2D eigenvalue weighted by Gasteiger charge is -2.36. The van der Waals surface area contributed by atoms with Gasteiger partial charge in [0.15, 0.2) is 5.54 Å². The molecule has 1 fully saturated rings. The molecule has 1 atom stereocenters. The van der Waals surface area contributed by atoms with E-state index in [0.29, 0.717) is 17.7 Å². The molecule has 1 amide bonds. The highest BCUT2D eigenvalue weighted by Gasteiger charge is 2.48. The van der Waals surface area contributed by atoms with Gasteiger partial charge in [0.1, 0.15) is 5.75 Å². The van der Waals surface area contributed by atoms with E-state index in [1.807, 2.05) is 0 Å². The number of carbonyl (C=O) groups excluding carboxylic acids is 1. The van der Waals surface area contributed by atoms with Crippen LogP contribution in [0.25, 0.3) is 0 Å². The van der Waals surface area contributed by atoms with E-state index < -0.39 is 11.5 Å². The zero-order valence-electron chi connectivity index (χ0n) is 11.0. The molecular weight excluding hydrogens is 246 g/mol. The fourth-order valence-electron chi connectivity index (χ4n) is 2.32. The molecule has 1 N–H and O–H groups in total. The number of amides is 1. The molecule has 0 heterocycles. The number of hydrogen-bond acceptors (Lipinski definition) is 3. The standard InChI is InChI=1S/C14H17NO4/c1-14(13(17)18,15(9-16)10-7-8-10)11-5-3-4-6-12(11)19-2/h3-6,9-10H,7-8H2,1-2H3,(H,17,18). The van der Waals surface area contributed by atoms with Crippen LogP contribution < -0.4 is 4.74 Å². The Morgan fingerprint density at radius 3 is 2.58 bits per heavy atom. The molecule has 2 rings (SSSR count). The molecule has 1 aromatic rings. The van der Waals surface area contributed by atoms with Crippen LogP contribution in [0.15, 0.2) is 24.3 Å². The average molecular weight is 263 g/mol. The van der Waals surface area contributed by atoms with Gasteiger partial charge < -0.3 is 14.7 Å². The van der Waals surface area contributed by atoms with Gasteiger partial charge in [-0.15, -0.1) is 0 Å². The van der Waals surface area contributed by atoms with Gasteiger partial charge in [0, 0.05) is 11.6 Å². The number of aliphatic carboxylic acids is 1. The fraction of sp³-hybridized carbons (Fsp3) is 0.429. The van der Waals surface area contributed by atoms with Crippen molar-refractivity contribution >= 4 is 12.4 Å². The predicted molar refractivity (Wildman–Crippen MR) is 68.9 cm³/mol. The third-order valence-electron chi connectivity index (χ3n) is 3.62. The van der Waals surface area contributed by atoms with Gasteiger partial charge in [0.25, 0.3) is 0 Å². The van der Waals surface area contributed by atoms with Crippen LogP contribution in [0.5, 0.6) is 5.75 Å². The third-order valence-corrected chi connectivity index (χ3v) is 3.62. The van der Waals surface area contributed by atoms with Crippen LogP contribution in [0, 0.1) is 0 Å². The Balaban J connectivity index is 2.54. The number of carboxylic acid groups (broad SMARTS) is 1. The van der Waals surface area contributed by atoms with E-state index in [1.165, 1.54) is 12.0 Å². The van der Waals surface area contributed by atoms with Gasteiger partial charge in [-0.05, 0) is 25.8 Å². The van der Waals surface area contributed by atoms with Crippen LogP contribution in [0.3, 0.4) is 0 Å². The molecule has 5 nitrogen and oxygen atoms in total. The van der Waals surface area contributed by atoms with Gasteiger partial charge in [-0.25, -0.2) is 4.79 Å². The topological polar surface area (TPSA) is 66.8 Å². The van der Waals surface area contributed by atoms with Crippen molar-refractivity contribution in [3.05, 3.63) is 29.8 Å². The lowest BCUT2D eigenvalue weighted by Crippen LogP contribution is -2.50. The maximum atomic E-state index is 11.8. The second-order valence-corrected chi connectivity index (χ2v) is 4.82. The van der Waals surface area contributed by atoms with Crippen molar-refractivity contribution in [2.45, 2.75) is 31.3 Å². The van der Waals surface area contributed by atoms with Crippen LogP contribution in [0.1, 0.15) is 25.3 Å². The maximum Gasteiger partial charge on any atom is 0.334 e. The Bertz CT molecular complexity index is 498. The van der Waals surface area contributed by atoms with Crippen LogP contribution in [-0.2, 0) is 15.1 Å². The maximum absolute atomic E-state index is 11.8. The molecule has 1 unspecified atom stereocenters. The molecule has 5 heteroatoms. The van der Waals surface area contributed by atoms with Crippen LogP contribution in [0.4, 0.5) is 0 Å². The average Bonchev–Trinajstić information content (AvgIpc) is 3.23. The number of carboxylic acids is 1. The molecule has 1 aromatic carbocycles. The quantitative estimate of drug-likeness (QED) is 0.792. The summed E-state index contributed by atoms with van der Waals surface area (Å²) in [6.07, 6.45) is 2.31. The first-order chi connectivity index (χ1) is 9.05. The molecule has 0 saturated heterocycles. The summed E-state index contributed by atoms with van der Waals surface area (Å²) in [4.78, 5) is 24.5. The van der Waals surface area contributed by atoms with Gasteiger partial charge in [-0.1, -0.05) is 18.2 Å². The van der Waals surface area contributed by atoms with Crippen LogP contribution in [-0.4, -0.2) is 35.5 Å². The number of carbonyl (C=O) groups is 2. The normalized spacial score (nSPS) is 17.4. The molecule has 19 heavy (non-hydrogen) atoms. The Kier molecular flexibility index (Phi) is 3.46. The molecule has 1 saturated carbocycles. The first-order valence-electron chi connectivity index (χ1n) is 6.16. The minimum absolute atomic E-state index is 0.00325. The lowest BCUT2D eigenvalue weighted by molar-refractivity contribution is -0.155. The Morgan fingerprint density at radius 2 is 2.11 bits per heavy atom. The largest absolute Gasteiger partial charge is 0.496 e. The van der Waals surface area contributed by atoms with E-state index in [1.54, 1.807) is 31.2 Å². The summed E-state index contributed by atoms with van der Waals surface area (Å²) < 4.78 is 5.23. The Labute approximate surface area is 111 Å². The first kappa shape index (κ1) is 13.4. The molecular formula is C14H17NO4. The monoisotopic (exact) mass is 263 g/mol. The van der Waals surface area contributed by atoms with Crippen molar-refractivity contribution in [3.63, 3.8) is 0 Å². The van der Waals surface area contributed by atoms with Crippen molar-refractivity contribution in [2.75, 3.05) is 7.11 Å². The Hall–Kier alpha value is -2.04. The molecule has 1 aliphatic carbocycles. The van der Waals surface area contributed by atoms with E-state index in [4.69, 9.17) is 4.74 Å². The predicted octanol–water partition coefficient (Wildman–Crippen LogP) is 1.62. The van der Waals surface area contributed by atoms with Gasteiger partial charge in [0.2, 0.25) is 6.41 Å². The van der Waals surface area contributed by atoms with Crippen molar-refractivity contribution < 1.29 is 19.4 Å². The van der Waals surface area contributed by atoms with Gasteiger partial charge >= 0.3 is 5.97 Å². The van der Waals surface area contributed by atoms with E-state index in [2.05, 4.69) is 0 Å². The van der Waals surface area contributed by atoms with Crippen molar-refractivity contribution in [3.8, 4) is 5.75 Å². The molecule has 0 aliphatic heterocycles. The number of nitrogens with zero attached hydrogens (tertiary/aromatic N) is 1. The zero-order valence-corrected chi connectivity index (χ0v) is 11.0. The summed E-state index contributed by atoms with van der Waals surface area (Å²) in [5.74, 6) is -0.587. The SMILES string of the molecule is COc1ccccc1C(C)(C(=O)O)N(C=O)C1CC1. The fourth-order valence-corrected chi connectivity index (χ4v) is 2.32. The summed E-state index contributed by atoms with van der Waals surface area (Å²) in [6, 6.07) is 6.91. The van der Waals surface area contributed by atoms with Crippen molar-refractivity contribution in [1.82, 2.24) is 4.90 Å². The third kappa shape index (κ3) is 2.16. The van der Waals surface area contributed by atoms with Crippen LogP contribution >= 0.6 is 0 Å². The van der Waals surface area contributed by atoms with Gasteiger partial charge in [-0.3, -0.25) is 4.79 Å². The number of ether oxygens (including phenoxy) is 1. The van der Waals surface area contributed by atoms with Crippen LogP contribution in [0.2, 0.25) is 0 Å². The van der Waals surface area contributed by atoms with E-state index in [0.717, 1.165) is 12.8 Å². The molecule has 102 valence electrons. The zero-order chi connectivity index (χ0) is 14.0. The second-order valence-electron chi connectivity index (χ2n) is 4.82. The minimum atomic E-state index is -1.41. The van der Waals surface area contributed by atoms with Gasteiger partial charge in [-0.2, -0.15) is 0 Å². The summed E-state index contributed by atoms with van der Waals surface area (Å²) in [5.41, 5.74) is -0.917. The number of rotatable bonds is 6. The van der Waals surface area contributed by atoms with E-state index in [9.17, 15) is 14.7 Å². The Morgan fingerprint density at radius 1 is 1.47 bits per heavy atom. The molecule has 1 aliphatic rings. The van der Waals surface area contributed by atoms with Crippen molar-refractivity contribution in [1.29, 1.82) is 0 Å². The van der Waals surface area contributed by atoms with E-state index >= 15 is 0 Å². The highest BCUT2D eigenvalue weighted by molar-refractivity contribution is 5.84. The minimum Gasteiger partial charge on any atom is -0.496 e. The smallest absolute Gasteiger partial charge is 0.334 e. The highest BCUT2D eigenvalue weighted by Crippen LogP contribution is 2.40. The molecule has 0 radical (unpaired) electrons.